The molecule has 0 radical (unpaired) electrons. The first-order valence-electron chi connectivity index (χ1n) is 3.74. The van der Waals surface area contributed by atoms with Gasteiger partial charge in [0.2, 0.25) is 0 Å². The first kappa shape index (κ1) is 8.31. The summed E-state index contributed by atoms with van der Waals surface area (Å²) in [5.74, 6) is 0. The number of rotatable bonds is 1. The van der Waals surface area contributed by atoms with Crippen molar-refractivity contribution < 1.29 is 0 Å². The summed E-state index contributed by atoms with van der Waals surface area (Å²) < 4.78 is 0.779. The summed E-state index contributed by atoms with van der Waals surface area (Å²) in [5.41, 5.74) is 1.86. The molecule has 0 aliphatic heterocycles. The highest BCUT2D eigenvalue weighted by molar-refractivity contribution is 9.10. The minimum atomic E-state index is 0.779. The second-order valence-corrected chi connectivity index (χ2v) is 3.28. The van der Waals surface area contributed by atoms with E-state index in [4.69, 9.17) is 0 Å². The molecule has 0 fully saturated rings. The summed E-state index contributed by atoms with van der Waals surface area (Å²) >= 11 is 3.29. The fraction of sp³-hybridized carbons (Fsp3) is 0. The molecule has 0 aliphatic carbocycles. The van der Waals surface area contributed by atoms with E-state index in [0.29, 0.717) is 0 Å². The minimum absolute atomic E-state index is 0.779. The van der Waals surface area contributed by atoms with Crippen LogP contribution in [-0.4, -0.2) is 15.0 Å². The fourth-order valence-corrected chi connectivity index (χ4v) is 1.31. The van der Waals surface area contributed by atoms with Gasteiger partial charge in [0, 0.05) is 18.0 Å². The molecule has 4 heteroatoms. The average molecular weight is 236 g/mol. The lowest BCUT2D eigenvalue weighted by Gasteiger charge is -1.98. The summed E-state index contributed by atoms with van der Waals surface area (Å²) in [6, 6.07) is 5.70. The molecular weight excluding hydrogens is 230 g/mol. The van der Waals surface area contributed by atoms with E-state index in [9.17, 15) is 0 Å². The Bertz CT molecular complexity index is 403. The van der Waals surface area contributed by atoms with Crippen molar-refractivity contribution >= 4 is 15.9 Å². The molecule has 2 rings (SSSR count). The Morgan fingerprint density at radius 2 is 2.15 bits per heavy atom. The van der Waals surface area contributed by atoms with Crippen LogP contribution < -0.4 is 0 Å². The minimum Gasteiger partial charge on any atom is -0.264 e. The zero-order valence-corrected chi connectivity index (χ0v) is 8.27. The number of hydrogen-bond donors (Lipinski definition) is 0. The van der Waals surface area contributed by atoms with Crippen molar-refractivity contribution in [3.8, 4) is 11.3 Å². The van der Waals surface area contributed by atoms with Gasteiger partial charge in [-0.25, -0.2) is 9.97 Å². The van der Waals surface area contributed by atoms with Gasteiger partial charge in [0.05, 0.1) is 5.69 Å². The van der Waals surface area contributed by atoms with Crippen molar-refractivity contribution in [3.63, 3.8) is 0 Å². The lowest BCUT2D eigenvalue weighted by atomic mass is 10.2. The molecule has 0 aliphatic rings. The zero-order chi connectivity index (χ0) is 9.10. The van der Waals surface area contributed by atoms with Gasteiger partial charge in [-0.05, 0) is 34.1 Å². The molecule has 0 N–H and O–H groups in total. The Balaban J connectivity index is 2.48. The molecule has 0 spiro atoms. The SMILES string of the molecule is Brc1cc(-c2cccnc2)ncn1. The normalized spacial score (nSPS) is 9.92. The molecule has 0 atom stereocenters. The van der Waals surface area contributed by atoms with Gasteiger partial charge in [-0.3, -0.25) is 4.98 Å². The average Bonchev–Trinajstić information content (AvgIpc) is 2.19. The van der Waals surface area contributed by atoms with Crippen LogP contribution in [0.2, 0.25) is 0 Å². The molecule has 0 aromatic carbocycles. The molecule has 0 saturated heterocycles. The van der Waals surface area contributed by atoms with Crippen LogP contribution in [-0.2, 0) is 0 Å². The quantitative estimate of drug-likeness (QED) is 0.713. The number of nitrogens with zero attached hydrogens (tertiary/aromatic N) is 3. The van der Waals surface area contributed by atoms with E-state index in [2.05, 4.69) is 30.9 Å². The topological polar surface area (TPSA) is 38.7 Å². The van der Waals surface area contributed by atoms with Crippen molar-refractivity contribution in [2.24, 2.45) is 0 Å². The lowest BCUT2D eigenvalue weighted by Crippen LogP contribution is -1.85. The van der Waals surface area contributed by atoms with E-state index in [1.807, 2.05) is 18.2 Å². The number of halogens is 1. The second-order valence-electron chi connectivity index (χ2n) is 2.47. The maximum Gasteiger partial charge on any atom is 0.117 e. The van der Waals surface area contributed by atoms with Crippen LogP contribution in [0.15, 0.2) is 41.5 Å². The van der Waals surface area contributed by atoms with E-state index in [1.165, 1.54) is 6.33 Å². The smallest absolute Gasteiger partial charge is 0.117 e. The summed E-state index contributed by atoms with van der Waals surface area (Å²) in [6.45, 7) is 0. The highest BCUT2D eigenvalue weighted by Gasteiger charge is 1.98. The maximum atomic E-state index is 4.13. The number of aromatic nitrogens is 3. The Labute approximate surface area is 84.0 Å². The molecule has 0 unspecified atom stereocenters. The van der Waals surface area contributed by atoms with Crippen molar-refractivity contribution in [2.75, 3.05) is 0 Å². The van der Waals surface area contributed by atoms with Gasteiger partial charge in [0.15, 0.2) is 0 Å². The summed E-state index contributed by atoms with van der Waals surface area (Å²) in [7, 11) is 0. The van der Waals surface area contributed by atoms with Crippen LogP contribution in [0.5, 0.6) is 0 Å². The highest BCUT2D eigenvalue weighted by atomic mass is 79.9. The van der Waals surface area contributed by atoms with Crippen LogP contribution in [0.3, 0.4) is 0 Å². The molecule has 64 valence electrons. The third-order valence-corrected chi connectivity index (χ3v) is 2.02. The first-order valence-corrected chi connectivity index (χ1v) is 4.53. The predicted octanol–water partition coefficient (Wildman–Crippen LogP) is 2.30. The predicted molar refractivity (Wildman–Crippen MR) is 53.0 cm³/mol. The van der Waals surface area contributed by atoms with E-state index in [-0.39, 0.29) is 0 Å². The van der Waals surface area contributed by atoms with Crippen LogP contribution in [0.1, 0.15) is 0 Å². The van der Waals surface area contributed by atoms with E-state index < -0.39 is 0 Å². The summed E-state index contributed by atoms with van der Waals surface area (Å²) in [5, 5.41) is 0. The van der Waals surface area contributed by atoms with E-state index >= 15 is 0 Å². The molecule has 13 heavy (non-hydrogen) atoms. The monoisotopic (exact) mass is 235 g/mol. The Kier molecular flexibility index (Phi) is 2.31. The molecule has 2 aromatic rings. The molecule has 3 nitrogen and oxygen atoms in total. The maximum absolute atomic E-state index is 4.13. The molecule has 2 heterocycles. The third-order valence-electron chi connectivity index (χ3n) is 1.59. The summed E-state index contributed by atoms with van der Waals surface area (Å²) in [4.78, 5) is 12.1. The Morgan fingerprint density at radius 3 is 2.85 bits per heavy atom. The number of pyridine rings is 1. The molecular formula is C9H6BrN3. The third kappa shape index (κ3) is 1.89. The van der Waals surface area contributed by atoms with Crippen LogP contribution in [0, 0.1) is 0 Å². The molecule has 0 saturated carbocycles. The fourth-order valence-electron chi connectivity index (χ4n) is 1.01. The van der Waals surface area contributed by atoms with Gasteiger partial charge in [-0.15, -0.1) is 0 Å². The van der Waals surface area contributed by atoms with Crippen LogP contribution >= 0.6 is 15.9 Å². The molecule has 2 aromatic heterocycles. The van der Waals surface area contributed by atoms with Gasteiger partial charge in [-0.2, -0.15) is 0 Å². The van der Waals surface area contributed by atoms with Crippen molar-refractivity contribution in [2.45, 2.75) is 0 Å². The molecule has 0 bridgehead atoms. The standard InChI is InChI=1S/C9H6BrN3/c10-9-4-8(12-6-13-9)7-2-1-3-11-5-7/h1-6H. The Hall–Kier alpha value is -1.29. The van der Waals surface area contributed by atoms with E-state index in [0.717, 1.165) is 15.9 Å². The van der Waals surface area contributed by atoms with Gasteiger partial charge in [0.1, 0.15) is 10.9 Å². The van der Waals surface area contributed by atoms with Crippen molar-refractivity contribution in [1.82, 2.24) is 15.0 Å². The van der Waals surface area contributed by atoms with Crippen molar-refractivity contribution in [1.29, 1.82) is 0 Å². The van der Waals surface area contributed by atoms with Gasteiger partial charge < -0.3 is 0 Å². The van der Waals surface area contributed by atoms with E-state index in [1.54, 1.807) is 12.4 Å². The highest BCUT2D eigenvalue weighted by Crippen LogP contribution is 2.16. The van der Waals surface area contributed by atoms with Crippen LogP contribution in [0.4, 0.5) is 0 Å². The number of hydrogen-bond acceptors (Lipinski definition) is 3. The second kappa shape index (κ2) is 3.62. The van der Waals surface area contributed by atoms with Gasteiger partial charge >= 0.3 is 0 Å². The summed E-state index contributed by atoms with van der Waals surface area (Å²) in [6.07, 6.45) is 5.03. The van der Waals surface area contributed by atoms with Gasteiger partial charge in [-0.1, -0.05) is 0 Å². The lowest BCUT2D eigenvalue weighted by molar-refractivity contribution is 1.14. The van der Waals surface area contributed by atoms with Crippen LogP contribution in [0.25, 0.3) is 11.3 Å². The zero-order valence-electron chi connectivity index (χ0n) is 6.68. The largest absolute Gasteiger partial charge is 0.264 e. The first-order chi connectivity index (χ1) is 6.36. The molecule has 0 amide bonds. The van der Waals surface area contributed by atoms with Crippen molar-refractivity contribution in [3.05, 3.63) is 41.5 Å². The Morgan fingerprint density at radius 1 is 1.23 bits per heavy atom. The van der Waals surface area contributed by atoms with Gasteiger partial charge in [0.25, 0.3) is 0 Å².